The van der Waals surface area contributed by atoms with Crippen LogP contribution in [0.1, 0.15) is 20.1 Å². The number of aliphatic imine (C=N–C) groups is 1. The Kier molecular flexibility index (Phi) is 18.3. The number of aryl methyl sites for hydroxylation is 1. The highest BCUT2D eigenvalue weighted by molar-refractivity contribution is 7.65. The molecule has 4 rings (SSSR count). The van der Waals surface area contributed by atoms with Crippen molar-refractivity contribution in [2.75, 3.05) is 18.9 Å². The molecular weight excluding hydrogens is 998 g/mol. The monoisotopic (exact) mass is 1030 g/mol. The third-order valence-electron chi connectivity index (χ3n) is 7.33. The summed E-state index contributed by atoms with van der Waals surface area (Å²) in [5.41, 5.74) is 4.57. The van der Waals surface area contributed by atoms with Gasteiger partial charge in [-0.1, -0.05) is 4.99 Å². The molecule has 8 N–H and O–H groups in total. The number of amides is 1. The van der Waals surface area contributed by atoms with Gasteiger partial charge in [-0.2, -0.15) is 4.57 Å². The third kappa shape index (κ3) is 16.7. The van der Waals surface area contributed by atoms with E-state index in [1.165, 1.54) is 11.5 Å². The summed E-state index contributed by atoms with van der Waals surface area (Å²) in [4.78, 5) is 117. The molecule has 0 spiro atoms. The normalized spacial score (nSPS) is 29.1. The number of aromatic nitrogens is 3. The van der Waals surface area contributed by atoms with Crippen LogP contribution in [-0.2, 0) is 74.5 Å². The largest absolute Gasteiger partial charge is 0.790 e. The molecule has 36 nitrogen and oxygen atoms in total. The molecule has 1 amide bonds. The van der Waals surface area contributed by atoms with Gasteiger partial charge in [0.05, 0.1) is 35.4 Å². The zero-order valence-corrected chi connectivity index (χ0v) is 36.6. The van der Waals surface area contributed by atoms with Crippen LogP contribution in [0, 0.1) is 0 Å². The van der Waals surface area contributed by atoms with E-state index in [0.29, 0.717) is 0 Å². The lowest BCUT2D eigenvalue weighted by molar-refractivity contribution is -0.687. The molecule has 42 heteroatoms. The number of aliphatic hydroxyl groups is 4. The summed E-state index contributed by atoms with van der Waals surface area (Å²) in [6, 6.07) is 0. The quantitative estimate of drug-likeness (QED) is 0.0563. The number of nitrogens with two attached hydrogens (primary N) is 1. The molecule has 1 aromatic rings. The van der Waals surface area contributed by atoms with Crippen LogP contribution in [0.25, 0.3) is 0 Å². The summed E-state index contributed by atoms with van der Waals surface area (Å²) in [7, 11) is -36.3. The van der Waals surface area contributed by atoms with Gasteiger partial charge in [0.15, 0.2) is 6.33 Å². The number of anilines is 1. The van der Waals surface area contributed by atoms with Crippen molar-refractivity contribution in [2.45, 2.75) is 69.5 Å². The fourth-order valence-corrected chi connectivity index (χ4v) is 10.6. The molecule has 2 fully saturated rings. The number of phosphoric ester groups is 2. The van der Waals surface area contributed by atoms with E-state index >= 15 is 0 Å². The Morgan fingerprint density at radius 1 is 0.841 bits per heavy atom. The molecule has 12 atom stereocenters. The van der Waals surface area contributed by atoms with Crippen molar-refractivity contribution in [2.24, 2.45) is 4.99 Å². The zero-order valence-electron chi connectivity index (χ0n) is 31.2. The van der Waals surface area contributed by atoms with E-state index in [2.05, 4.69) is 53.5 Å². The summed E-state index contributed by atoms with van der Waals surface area (Å²) in [6.45, 7) is 4.52. The average molecular weight is 1030 g/mol. The third-order valence-corrected chi connectivity index (χ3v) is 14.7. The number of nitrogens with one attached hydrogen (secondary N) is 2. The molecule has 3 aliphatic heterocycles. The van der Waals surface area contributed by atoms with E-state index in [1.54, 1.807) is 6.92 Å². The van der Waals surface area contributed by atoms with E-state index in [9.17, 15) is 96.6 Å². The Balaban J connectivity index is 0.000000335. The Labute approximate surface area is 350 Å². The van der Waals surface area contributed by atoms with Crippen molar-refractivity contribution < 1.29 is 137 Å². The number of nitrogen functional groups attached to an aromatic ring is 1. The zero-order chi connectivity index (χ0) is 48.3. The fraction of sp³-hybridized carbons (Fsp3) is 0.619. The SMILES string of the molecule is C=C1NC(NC(C)=O)=NC=[N+]1C1OC(COP(=O)([O-])OP(=O)([O-])OP(=O)([O-])[O-])C(O)C1O.CC[n+]1cn(C2OC(COP(=O)([O-])OP(=O)([O-])OP(=O)([O-])[O-])C(O)C2O)c(=O)nc1N. The second-order valence-electron chi connectivity index (χ2n) is 12.0. The van der Waals surface area contributed by atoms with Gasteiger partial charge in [-0.15, -0.1) is 0 Å². The maximum Gasteiger partial charge on any atom is 0.451 e. The van der Waals surface area contributed by atoms with Gasteiger partial charge in [-0.05, 0) is 18.5 Å². The average Bonchev–Trinajstić information content (AvgIpc) is 3.52. The molecule has 2 saturated heterocycles. The lowest BCUT2D eigenvalue weighted by Gasteiger charge is -2.37. The molecule has 0 aromatic carbocycles. The van der Waals surface area contributed by atoms with Gasteiger partial charge >= 0.3 is 17.6 Å². The highest BCUT2D eigenvalue weighted by Gasteiger charge is 2.49. The molecule has 4 heterocycles. The van der Waals surface area contributed by atoms with Crippen molar-refractivity contribution in [3.63, 3.8) is 0 Å². The number of phosphoric acid groups is 6. The first-order valence-electron chi connectivity index (χ1n) is 16.2. The second kappa shape index (κ2) is 21.0. The fourth-order valence-electron chi connectivity index (χ4n) is 4.86. The smallest absolute Gasteiger partial charge is 0.451 e. The van der Waals surface area contributed by atoms with Crippen LogP contribution in [-0.4, -0.2) is 109 Å². The minimum Gasteiger partial charge on any atom is -0.790 e. The topological polar surface area (TPSA) is 563 Å². The summed E-state index contributed by atoms with van der Waals surface area (Å²) in [5.74, 6) is -0.558. The number of hydrogen-bond donors (Lipinski definition) is 7. The van der Waals surface area contributed by atoms with Gasteiger partial charge in [-0.3, -0.25) is 37.0 Å². The number of ether oxygens (including phenoxy) is 2. The van der Waals surface area contributed by atoms with E-state index in [1.807, 2.05) is 0 Å². The molecule has 1 aromatic heterocycles. The van der Waals surface area contributed by atoms with Gasteiger partial charge in [0.2, 0.25) is 30.5 Å². The molecular formula is C21H32N8O28P6-6. The second-order valence-corrected chi connectivity index (χ2v) is 20.5. The minimum absolute atomic E-state index is 0.000998. The van der Waals surface area contributed by atoms with Crippen molar-refractivity contribution in [1.29, 1.82) is 0 Å². The van der Waals surface area contributed by atoms with Crippen molar-refractivity contribution >= 4 is 71.1 Å². The Hall–Kier alpha value is -2.46. The summed E-state index contributed by atoms with van der Waals surface area (Å²) >= 11 is 0. The minimum atomic E-state index is -6.16. The van der Waals surface area contributed by atoms with Crippen LogP contribution in [0.2, 0.25) is 0 Å². The van der Waals surface area contributed by atoms with Gasteiger partial charge in [0.25, 0.3) is 31.3 Å². The number of guanidine groups is 1. The van der Waals surface area contributed by atoms with Crippen LogP contribution in [0.15, 0.2) is 28.5 Å². The van der Waals surface area contributed by atoms with E-state index in [-0.39, 0.29) is 24.3 Å². The summed E-state index contributed by atoms with van der Waals surface area (Å²) < 4.78 is 101. The number of aliphatic hydroxyl groups excluding tert-OH is 4. The first-order valence-corrected chi connectivity index (χ1v) is 25.0. The van der Waals surface area contributed by atoms with Crippen LogP contribution < -0.4 is 65.8 Å². The van der Waals surface area contributed by atoms with Gasteiger partial charge in [-0.25, -0.2) is 27.9 Å². The Bertz CT molecular complexity index is 2300. The van der Waals surface area contributed by atoms with Crippen LogP contribution >= 0.6 is 46.9 Å². The van der Waals surface area contributed by atoms with Gasteiger partial charge < -0.3 is 93.0 Å². The molecule has 0 radical (unpaired) electrons. The molecule has 0 aliphatic carbocycles. The number of carbonyl (C=O) groups excluding carboxylic acids is 1. The van der Waals surface area contributed by atoms with E-state index in [4.69, 9.17) is 15.2 Å². The van der Waals surface area contributed by atoms with E-state index < -0.39 is 121 Å². The first kappa shape index (κ1) is 54.9. The Morgan fingerprint density at radius 3 is 1.76 bits per heavy atom. The molecule has 0 bridgehead atoms. The predicted octanol–water partition coefficient (Wildman–Crippen LogP) is -10.6. The first-order chi connectivity index (χ1) is 28.5. The maximum atomic E-state index is 12.0. The highest BCUT2D eigenvalue weighted by atomic mass is 31.3. The molecule has 63 heavy (non-hydrogen) atoms. The summed E-state index contributed by atoms with van der Waals surface area (Å²) in [6.07, 6.45) is -11.0. The maximum absolute atomic E-state index is 12.0. The number of rotatable bonds is 17. The molecule has 3 aliphatic rings. The van der Waals surface area contributed by atoms with Crippen LogP contribution in [0.3, 0.4) is 0 Å². The Morgan fingerprint density at radius 2 is 1.32 bits per heavy atom. The number of nitrogens with zero attached hydrogens (tertiary/aromatic N) is 5. The van der Waals surface area contributed by atoms with Gasteiger partial charge in [0.1, 0.15) is 36.6 Å². The van der Waals surface area contributed by atoms with Crippen molar-refractivity contribution in [1.82, 2.24) is 20.2 Å². The lowest BCUT2D eigenvalue weighted by atomic mass is 10.1. The van der Waals surface area contributed by atoms with Crippen LogP contribution in [0.4, 0.5) is 5.95 Å². The van der Waals surface area contributed by atoms with E-state index in [0.717, 1.165) is 21.8 Å². The lowest BCUT2D eigenvalue weighted by Crippen LogP contribution is -2.48. The standard InChI is InChI=1S/C11H19N4O14P3.C10H19N4O14P3/c1-5-13-11(14-6(2)16)12-4-15(5)10-9(18)8(17)7(27-10)3-26-31(22,23)29-32(24,25)28-30(19,20)21;1-2-13-4-14(10(17)12-9(13)11)8-7(16)6(15)5(26-8)3-25-30(21,22)28-31(23,24)27-29(18,19)20/h4,7-10,17-18H,1,3H2,2H3,(H5,13,14,16,19,20,21,22,23,24,25);4-8,15-16H,2-3H2,1H3,(H5-,11,12,17,18,19,20,21,22,23,24)/p-6. The molecule has 0 saturated carbocycles. The molecule has 360 valence electrons. The van der Waals surface area contributed by atoms with Gasteiger partial charge in [0, 0.05) is 6.92 Å². The highest BCUT2D eigenvalue weighted by Crippen LogP contribution is 2.61. The van der Waals surface area contributed by atoms with Crippen LogP contribution in [0.5, 0.6) is 0 Å². The van der Waals surface area contributed by atoms with Crippen molar-refractivity contribution in [3.05, 3.63) is 29.2 Å². The molecule has 12 unspecified atom stereocenters. The number of hydrogen-bond acceptors (Lipinski definition) is 32. The number of carbonyl (C=O) groups is 1. The summed E-state index contributed by atoms with van der Waals surface area (Å²) in [5, 5.41) is 45.3. The predicted molar refractivity (Wildman–Crippen MR) is 177 cm³/mol. The van der Waals surface area contributed by atoms with Crippen molar-refractivity contribution in [3.8, 4) is 0 Å².